The van der Waals surface area contributed by atoms with Crippen LogP contribution in [0.2, 0.25) is 0 Å². The molecule has 4 heteroatoms. The van der Waals surface area contributed by atoms with Crippen molar-refractivity contribution in [2.45, 2.75) is 50.7 Å². The maximum atomic E-state index is 11.5. The van der Waals surface area contributed by atoms with Gasteiger partial charge in [-0.15, -0.1) is 0 Å². The van der Waals surface area contributed by atoms with Gasteiger partial charge in [-0.1, -0.05) is 0 Å². The summed E-state index contributed by atoms with van der Waals surface area (Å²) in [4.78, 5) is 13.9. The van der Waals surface area contributed by atoms with Gasteiger partial charge in [0.25, 0.3) is 0 Å². The van der Waals surface area contributed by atoms with Gasteiger partial charge in [0.2, 0.25) is 5.91 Å². The molecule has 0 aromatic carbocycles. The fourth-order valence-corrected chi connectivity index (χ4v) is 1.83. The van der Waals surface area contributed by atoms with Gasteiger partial charge in [-0.2, -0.15) is 0 Å². The van der Waals surface area contributed by atoms with Crippen LogP contribution >= 0.6 is 0 Å². The zero-order valence-electron chi connectivity index (χ0n) is 10.3. The number of amides is 1. The van der Waals surface area contributed by atoms with Crippen molar-refractivity contribution in [2.24, 2.45) is 0 Å². The lowest BCUT2D eigenvalue weighted by Gasteiger charge is -2.24. The molecule has 2 saturated carbocycles. The zero-order valence-corrected chi connectivity index (χ0v) is 10.3. The van der Waals surface area contributed by atoms with Crippen molar-refractivity contribution >= 4 is 5.91 Å². The molecule has 0 spiro atoms. The Bertz CT molecular complexity index is 249. The van der Waals surface area contributed by atoms with E-state index in [1.807, 2.05) is 0 Å². The van der Waals surface area contributed by atoms with Gasteiger partial charge in [-0.25, -0.2) is 0 Å². The number of nitrogens with one attached hydrogen (secondary N) is 2. The van der Waals surface area contributed by atoms with Crippen LogP contribution in [0.5, 0.6) is 0 Å². The van der Waals surface area contributed by atoms with Gasteiger partial charge < -0.3 is 10.6 Å². The van der Waals surface area contributed by atoms with Crippen LogP contribution in [-0.4, -0.2) is 49.1 Å². The summed E-state index contributed by atoms with van der Waals surface area (Å²) in [5.41, 5.74) is 0. The molecule has 92 valence electrons. The summed E-state index contributed by atoms with van der Waals surface area (Å²) in [6, 6.07) is 1.81. The largest absolute Gasteiger partial charge is 0.353 e. The molecule has 0 bridgehead atoms. The molecule has 1 amide bonds. The van der Waals surface area contributed by atoms with Gasteiger partial charge in [0, 0.05) is 24.7 Å². The van der Waals surface area contributed by atoms with Crippen LogP contribution < -0.4 is 10.6 Å². The van der Waals surface area contributed by atoms with E-state index in [0.29, 0.717) is 18.6 Å². The minimum atomic E-state index is 0.128. The van der Waals surface area contributed by atoms with Gasteiger partial charge in [0.1, 0.15) is 0 Å². The Morgan fingerprint density at radius 3 is 2.62 bits per heavy atom. The summed E-state index contributed by atoms with van der Waals surface area (Å²) in [6.45, 7) is 3.41. The number of likely N-dealkylation sites (N-methyl/N-ethyl adjacent to an activating group) is 1. The summed E-state index contributed by atoms with van der Waals surface area (Å²) in [6.07, 6.45) is 5.10. The highest BCUT2D eigenvalue weighted by Crippen LogP contribution is 2.26. The van der Waals surface area contributed by atoms with Crippen molar-refractivity contribution in [1.29, 1.82) is 0 Å². The van der Waals surface area contributed by atoms with E-state index in [4.69, 9.17) is 0 Å². The molecule has 2 N–H and O–H groups in total. The number of rotatable bonds is 7. The van der Waals surface area contributed by atoms with Crippen molar-refractivity contribution in [3.8, 4) is 0 Å². The molecule has 0 aromatic rings. The quantitative estimate of drug-likeness (QED) is 0.656. The van der Waals surface area contributed by atoms with E-state index in [-0.39, 0.29) is 5.91 Å². The first kappa shape index (κ1) is 11.9. The summed E-state index contributed by atoms with van der Waals surface area (Å²) in [5.74, 6) is 0.128. The van der Waals surface area contributed by atoms with E-state index < -0.39 is 0 Å². The van der Waals surface area contributed by atoms with Crippen LogP contribution in [-0.2, 0) is 4.79 Å². The van der Waals surface area contributed by atoms with E-state index in [1.54, 1.807) is 0 Å². The molecule has 2 aliphatic carbocycles. The van der Waals surface area contributed by atoms with Crippen molar-refractivity contribution < 1.29 is 4.79 Å². The van der Waals surface area contributed by atoms with Gasteiger partial charge in [-0.05, 0) is 39.7 Å². The van der Waals surface area contributed by atoms with E-state index in [1.165, 1.54) is 25.7 Å². The smallest absolute Gasteiger partial charge is 0.234 e. The van der Waals surface area contributed by atoms with Gasteiger partial charge in [0.15, 0.2) is 0 Å². The Kier molecular flexibility index (Phi) is 3.82. The van der Waals surface area contributed by atoms with Gasteiger partial charge in [0.05, 0.1) is 6.54 Å². The molecule has 4 nitrogen and oxygen atoms in total. The molecule has 0 heterocycles. The Morgan fingerprint density at radius 1 is 1.38 bits per heavy atom. The highest BCUT2D eigenvalue weighted by atomic mass is 16.1. The molecule has 2 aliphatic rings. The zero-order chi connectivity index (χ0) is 11.5. The fourth-order valence-electron chi connectivity index (χ4n) is 1.83. The molecule has 1 atom stereocenters. The van der Waals surface area contributed by atoms with Crippen LogP contribution in [0.1, 0.15) is 32.6 Å². The third-order valence-electron chi connectivity index (χ3n) is 3.54. The molecule has 2 fully saturated rings. The summed E-state index contributed by atoms with van der Waals surface area (Å²) in [7, 11) is 2.15. The summed E-state index contributed by atoms with van der Waals surface area (Å²) < 4.78 is 0. The third-order valence-corrected chi connectivity index (χ3v) is 3.54. The topological polar surface area (TPSA) is 44.4 Å². The maximum Gasteiger partial charge on any atom is 0.234 e. The Labute approximate surface area is 97.8 Å². The SMILES string of the molecule is CC(CNC(=O)CNC1CC1)N(C)C1CC1. The average Bonchev–Trinajstić information content (AvgIpc) is 3.15. The second kappa shape index (κ2) is 5.15. The van der Waals surface area contributed by atoms with E-state index in [2.05, 4.69) is 29.5 Å². The first-order valence-corrected chi connectivity index (χ1v) is 6.39. The molecular weight excluding hydrogens is 202 g/mol. The monoisotopic (exact) mass is 225 g/mol. The molecule has 0 radical (unpaired) electrons. The second-order valence-electron chi connectivity index (χ2n) is 5.20. The Morgan fingerprint density at radius 2 is 2.06 bits per heavy atom. The first-order chi connectivity index (χ1) is 7.66. The summed E-state index contributed by atoms with van der Waals surface area (Å²) in [5, 5.41) is 6.20. The first-order valence-electron chi connectivity index (χ1n) is 6.39. The van der Waals surface area contributed by atoms with E-state index in [0.717, 1.165) is 12.6 Å². The van der Waals surface area contributed by atoms with Crippen LogP contribution in [0.25, 0.3) is 0 Å². The third kappa shape index (κ3) is 3.76. The molecule has 1 unspecified atom stereocenters. The van der Waals surface area contributed by atoms with Crippen molar-refractivity contribution in [2.75, 3.05) is 20.1 Å². The fraction of sp³-hybridized carbons (Fsp3) is 0.917. The van der Waals surface area contributed by atoms with Crippen LogP contribution in [0.3, 0.4) is 0 Å². The molecule has 0 aromatic heterocycles. The lowest BCUT2D eigenvalue weighted by atomic mass is 10.3. The summed E-state index contributed by atoms with van der Waals surface area (Å²) >= 11 is 0. The van der Waals surface area contributed by atoms with Gasteiger partial charge >= 0.3 is 0 Å². The normalized spacial score (nSPS) is 22.2. The van der Waals surface area contributed by atoms with Crippen molar-refractivity contribution in [3.63, 3.8) is 0 Å². The number of hydrogen-bond donors (Lipinski definition) is 2. The van der Waals surface area contributed by atoms with Crippen LogP contribution in [0.15, 0.2) is 0 Å². The van der Waals surface area contributed by atoms with Crippen LogP contribution in [0.4, 0.5) is 0 Å². The standard InChI is InChI=1S/C12H23N3O/c1-9(15(2)11-5-6-11)7-14-12(16)8-13-10-3-4-10/h9-11,13H,3-8H2,1-2H3,(H,14,16). The highest BCUT2D eigenvalue weighted by molar-refractivity contribution is 5.78. The molecule has 0 aliphatic heterocycles. The molecular formula is C12H23N3O. The highest BCUT2D eigenvalue weighted by Gasteiger charge is 2.29. The van der Waals surface area contributed by atoms with Crippen molar-refractivity contribution in [1.82, 2.24) is 15.5 Å². The predicted octanol–water partition coefficient (Wildman–Crippen LogP) is 0.337. The number of carbonyl (C=O) groups excluding carboxylic acids is 1. The number of carbonyl (C=O) groups is 1. The predicted molar refractivity (Wildman–Crippen MR) is 64.3 cm³/mol. The lowest BCUT2D eigenvalue weighted by molar-refractivity contribution is -0.120. The minimum Gasteiger partial charge on any atom is -0.353 e. The number of nitrogens with zero attached hydrogens (tertiary/aromatic N) is 1. The van der Waals surface area contributed by atoms with Gasteiger partial charge in [-0.3, -0.25) is 9.69 Å². The Hall–Kier alpha value is -0.610. The number of hydrogen-bond acceptors (Lipinski definition) is 3. The minimum absolute atomic E-state index is 0.128. The maximum absolute atomic E-state index is 11.5. The molecule has 2 rings (SSSR count). The van der Waals surface area contributed by atoms with Crippen molar-refractivity contribution in [3.05, 3.63) is 0 Å². The second-order valence-corrected chi connectivity index (χ2v) is 5.20. The lowest BCUT2D eigenvalue weighted by Crippen LogP contribution is -2.43. The molecule has 0 saturated heterocycles. The van der Waals surface area contributed by atoms with E-state index >= 15 is 0 Å². The van der Waals surface area contributed by atoms with Crippen LogP contribution in [0, 0.1) is 0 Å². The average molecular weight is 225 g/mol. The Balaban J connectivity index is 1.55. The van der Waals surface area contributed by atoms with E-state index in [9.17, 15) is 4.79 Å². The molecule has 16 heavy (non-hydrogen) atoms.